The molecule has 0 saturated heterocycles. The van der Waals surface area contributed by atoms with Crippen molar-refractivity contribution in [3.8, 4) is 0 Å². The zero-order chi connectivity index (χ0) is 12.7. The van der Waals surface area contributed by atoms with Crippen molar-refractivity contribution < 1.29 is 0 Å². The summed E-state index contributed by atoms with van der Waals surface area (Å²) in [5.41, 5.74) is 0. The van der Waals surface area contributed by atoms with Crippen molar-refractivity contribution in [1.29, 1.82) is 0 Å². The van der Waals surface area contributed by atoms with Crippen LogP contribution in [0.3, 0.4) is 0 Å². The Hall–Kier alpha value is 0.310. The first-order valence-electron chi connectivity index (χ1n) is 7.38. The van der Waals surface area contributed by atoms with Gasteiger partial charge in [-0.25, -0.2) is 0 Å². The molecule has 17 heavy (non-hydrogen) atoms. The van der Waals surface area contributed by atoms with Crippen molar-refractivity contribution >= 4 is 11.8 Å². The van der Waals surface area contributed by atoms with Gasteiger partial charge in [-0.1, -0.05) is 53.4 Å². The van der Waals surface area contributed by atoms with Gasteiger partial charge in [0.1, 0.15) is 0 Å². The molecule has 0 amide bonds. The van der Waals surface area contributed by atoms with E-state index in [4.69, 9.17) is 0 Å². The summed E-state index contributed by atoms with van der Waals surface area (Å²) in [5, 5.41) is 3.75. The van der Waals surface area contributed by atoms with E-state index in [2.05, 4.69) is 44.8 Å². The fourth-order valence-electron chi connectivity index (χ4n) is 2.56. The van der Waals surface area contributed by atoms with Gasteiger partial charge < -0.3 is 5.32 Å². The van der Waals surface area contributed by atoms with Crippen molar-refractivity contribution in [2.45, 2.75) is 77.0 Å². The van der Waals surface area contributed by atoms with Crippen LogP contribution in [0.25, 0.3) is 0 Å². The normalized spacial score (nSPS) is 19.8. The lowest BCUT2D eigenvalue weighted by molar-refractivity contribution is 0.409. The fraction of sp³-hybridized carbons (Fsp3) is 1.00. The van der Waals surface area contributed by atoms with E-state index in [9.17, 15) is 0 Å². The van der Waals surface area contributed by atoms with E-state index in [-0.39, 0.29) is 0 Å². The van der Waals surface area contributed by atoms with Crippen molar-refractivity contribution in [3.05, 3.63) is 0 Å². The van der Waals surface area contributed by atoms with Gasteiger partial charge in [-0.2, -0.15) is 11.8 Å². The van der Waals surface area contributed by atoms with Crippen molar-refractivity contribution in [2.75, 3.05) is 12.3 Å². The highest BCUT2D eigenvalue weighted by Crippen LogP contribution is 2.31. The van der Waals surface area contributed by atoms with Gasteiger partial charge in [0, 0.05) is 16.5 Å². The first-order chi connectivity index (χ1) is 8.01. The topological polar surface area (TPSA) is 12.0 Å². The Kier molecular flexibility index (Phi) is 6.94. The Bertz CT molecular complexity index is 192. The van der Waals surface area contributed by atoms with Crippen molar-refractivity contribution in [1.82, 2.24) is 5.32 Å². The maximum absolute atomic E-state index is 3.75. The molecule has 1 rings (SSSR count). The molecule has 1 nitrogen and oxygen atoms in total. The Balaban J connectivity index is 2.30. The van der Waals surface area contributed by atoms with Gasteiger partial charge in [-0.05, 0) is 25.3 Å². The van der Waals surface area contributed by atoms with Crippen LogP contribution in [0.2, 0.25) is 0 Å². The summed E-state index contributed by atoms with van der Waals surface area (Å²) in [7, 11) is 0. The Morgan fingerprint density at radius 2 is 1.88 bits per heavy atom. The lowest BCUT2D eigenvalue weighted by Crippen LogP contribution is -2.34. The molecule has 0 heterocycles. The summed E-state index contributed by atoms with van der Waals surface area (Å²) in [6.07, 6.45) is 8.55. The first-order valence-corrected chi connectivity index (χ1v) is 8.37. The van der Waals surface area contributed by atoms with Crippen LogP contribution in [-0.4, -0.2) is 23.1 Å². The first kappa shape index (κ1) is 15.4. The second-order valence-electron chi connectivity index (χ2n) is 6.46. The van der Waals surface area contributed by atoms with Crippen LogP contribution in [0.1, 0.15) is 66.2 Å². The zero-order valence-electron chi connectivity index (χ0n) is 12.2. The molecule has 0 aliphatic heterocycles. The molecule has 1 unspecified atom stereocenters. The molecule has 0 aromatic rings. The second-order valence-corrected chi connectivity index (χ2v) is 8.31. The van der Waals surface area contributed by atoms with Gasteiger partial charge in [-0.15, -0.1) is 0 Å². The molecule has 2 heteroatoms. The third-order valence-corrected chi connectivity index (χ3v) is 4.93. The van der Waals surface area contributed by atoms with E-state index in [1.165, 1.54) is 50.8 Å². The smallest absolute Gasteiger partial charge is 0.0161 e. The maximum atomic E-state index is 3.75. The molecular weight excluding hydrogens is 226 g/mol. The van der Waals surface area contributed by atoms with E-state index in [0.29, 0.717) is 4.75 Å². The highest BCUT2D eigenvalue weighted by Gasteiger charge is 2.21. The zero-order valence-corrected chi connectivity index (χ0v) is 13.0. The summed E-state index contributed by atoms with van der Waals surface area (Å²) in [5.74, 6) is 2.28. The summed E-state index contributed by atoms with van der Waals surface area (Å²) >= 11 is 2.11. The van der Waals surface area contributed by atoms with Crippen LogP contribution in [0, 0.1) is 5.92 Å². The highest BCUT2D eigenvalue weighted by molar-refractivity contribution is 8.00. The van der Waals surface area contributed by atoms with Gasteiger partial charge in [0.2, 0.25) is 0 Å². The average Bonchev–Trinajstić information content (AvgIpc) is 2.73. The minimum atomic E-state index is 0.405. The third kappa shape index (κ3) is 7.35. The average molecular weight is 257 g/mol. The van der Waals surface area contributed by atoms with Crippen molar-refractivity contribution in [3.63, 3.8) is 0 Å². The van der Waals surface area contributed by atoms with Gasteiger partial charge in [0.25, 0.3) is 0 Å². The van der Waals surface area contributed by atoms with Crippen LogP contribution >= 0.6 is 11.8 Å². The van der Waals surface area contributed by atoms with E-state index in [1.807, 2.05) is 0 Å². The second kappa shape index (κ2) is 7.68. The summed E-state index contributed by atoms with van der Waals surface area (Å²) in [6, 6.07) is 0.738. The predicted molar refractivity (Wildman–Crippen MR) is 80.9 cm³/mol. The molecule has 0 spiro atoms. The molecular formula is C15H31NS. The van der Waals surface area contributed by atoms with Gasteiger partial charge >= 0.3 is 0 Å². The largest absolute Gasteiger partial charge is 0.313 e. The van der Waals surface area contributed by atoms with E-state index >= 15 is 0 Å². The lowest BCUT2D eigenvalue weighted by Gasteiger charge is -2.25. The Morgan fingerprint density at radius 3 is 2.41 bits per heavy atom. The number of nitrogens with one attached hydrogen (secondary N) is 1. The maximum Gasteiger partial charge on any atom is 0.0161 e. The van der Waals surface area contributed by atoms with E-state index in [1.54, 1.807) is 0 Å². The molecule has 1 aliphatic carbocycles. The quantitative estimate of drug-likeness (QED) is 0.722. The highest BCUT2D eigenvalue weighted by atomic mass is 32.2. The molecule has 1 atom stereocenters. The molecule has 0 bridgehead atoms. The standard InChI is InChI=1S/C15H31NS/c1-5-10-16-14(12-17-15(2,3)4)11-13-8-6-7-9-13/h13-14,16H,5-12H2,1-4H3. The summed E-state index contributed by atoms with van der Waals surface area (Å²) in [4.78, 5) is 0. The SMILES string of the molecule is CCCNC(CSC(C)(C)C)CC1CCCC1. The third-order valence-electron chi connectivity index (χ3n) is 3.49. The summed E-state index contributed by atoms with van der Waals surface area (Å²) < 4.78 is 0.405. The molecule has 0 aromatic carbocycles. The molecule has 102 valence electrons. The number of thioether (sulfide) groups is 1. The predicted octanol–water partition coefficient (Wildman–Crippen LogP) is 4.47. The summed E-state index contributed by atoms with van der Waals surface area (Å²) in [6.45, 7) is 10.4. The Morgan fingerprint density at radius 1 is 1.24 bits per heavy atom. The van der Waals surface area contributed by atoms with Crippen LogP contribution in [0.15, 0.2) is 0 Å². The molecule has 0 radical (unpaired) electrons. The van der Waals surface area contributed by atoms with Gasteiger partial charge in [0.05, 0.1) is 0 Å². The van der Waals surface area contributed by atoms with E-state index < -0.39 is 0 Å². The monoisotopic (exact) mass is 257 g/mol. The van der Waals surface area contributed by atoms with Crippen LogP contribution in [0.4, 0.5) is 0 Å². The molecule has 1 aliphatic rings. The number of hydrogen-bond donors (Lipinski definition) is 1. The molecule has 1 fully saturated rings. The fourth-order valence-corrected chi connectivity index (χ4v) is 3.51. The minimum absolute atomic E-state index is 0.405. The lowest BCUT2D eigenvalue weighted by atomic mass is 9.99. The molecule has 1 N–H and O–H groups in total. The van der Waals surface area contributed by atoms with Gasteiger partial charge in [0.15, 0.2) is 0 Å². The van der Waals surface area contributed by atoms with Crippen LogP contribution in [0.5, 0.6) is 0 Å². The molecule has 1 saturated carbocycles. The van der Waals surface area contributed by atoms with E-state index in [0.717, 1.165) is 12.0 Å². The Labute approximate surface area is 113 Å². The number of hydrogen-bond acceptors (Lipinski definition) is 2. The van der Waals surface area contributed by atoms with Crippen molar-refractivity contribution in [2.24, 2.45) is 5.92 Å². The van der Waals surface area contributed by atoms with Gasteiger partial charge in [-0.3, -0.25) is 0 Å². The van der Waals surface area contributed by atoms with Crippen LogP contribution in [-0.2, 0) is 0 Å². The van der Waals surface area contributed by atoms with Crippen LogP contribution < -0.4 is 5.32 Å². The molecule has 0 aromatic heterocycles. The minimum Gasteiger partial charge on any atom is -0.313 e. The number of rotatable bonds is 7.